The second kappa shape index (κ2) is 6.33. The molecule has 2 unspecified atom stereocenters. The molecule has 0 amide bonds. The zero-order valence-corrected chi connectivity index (χ0v) is 12.7. The third kappa shape index (κ3) is 2.69. The lowest BCUT2D eigenvalue weighted by Gasteiger charge is -2.38. The summed E-state index contributed by atoms with van der Waals surface area (Å²) in [7, 11) is 7.02. The number of benzene rings is 1. The van der Waals surface area contributed by atoms with Gasteiger partial charge in [-0.3, -0.25) is 4.90 Å². The molecule has 20 heavy (non-hydrogen) atoms. The number of piperidine rings is 1. The minimum atomic E-state index is 0.0979. The predicted octanol–water partition coefficient (Wildman–Crippen LogP) is 1.81. The van der Waals surface area contributed by atoms with Crippen molar-refractivity contribution in [2.45, 2.75) is 24.9 Å². The zero-order chi connectivity index (χ0) is 14.7. The molecular weight excluding hydrogens is 256 g/mol. The summed E-state index contributed by atoms with van der Waals surface area (Å²) in [6.45, 7) is 1.04. The highest BCUT2D eigenvalue weighted by atomic mass is 16.5. The van der Waals surface area contributed by atoms with E-state index in [1.54, 1.807) is 21.3 Å². The minimum absolute atomic E-state index is 0.0979. The third-order valence-electron chi connectivity index (χ3n) is 3.98. The van der Waals surface area contributed by atoms with Crippen LogP contribution in [0.5, 0.6) is 17.2 Å². The molecule has 0 radical (unpaired) electrons. The van der Waals surface area contributed by atoms with E-state index in [9.17, 15) is 0 Å². The van der Waals surface area contributed by atoms with Gasteiger partial charge in [-0.2, -0.15) is 0 Å². The van der Waals surface area contributed by atoms with Crippen LogP contribution in [0.2, 0.25) is 0 Å². The Morgan fingerprint density at radius 2 is 1.65 bits per heavy atom. The Bertz CT molecular complexity index is 455. The normalized spacial score (nSPS) is 23.4. The van der Waals surface area contributed by atoms with Crippen molar-refractivity contribution in [1.29, 1.82) is 0 Å². The van der Waals surface area contributed by atoms with Gasteiger partial charge in [-0.05, 0) is 32.5 Å². The van der Waals surface area contributed by atoms with Crippen molar-refractivity contribution in [2.75, 3.05) is 34.9 Å². The molecule has 5 heteroatoms. The van der Waals surface area contributed by atoms with Gasteiger partial charge in [-0.25, -0.2) is 0 Å². The van der Waals surface area contributed by atoms with Crippen molar-refractivity contribution in [3.8, 4) is 17.2 Å². The zero-order valence-electron chi connectivity index (χ0n) is 12.7. The summed E-state index contributed by atoms with van der Waals surface area (Å²) in [6.07, 6.45) is 2.15. The molecule has 0 saturated carbocycles. The average Bonchev–Trinajstić information content (AvgIpc) is 2.46. The molecule has 112 valence electrons. The first kappa shape index (κ1) is 14.9. The van der Waals surface area contributed by atoms with Crippen LogP contribution < -0.4 is 19.9 Å². The lowest BCUT2D eigenvalue weighted by Crippen LogP contribution is -2.44. The van der Waals surface area contributed by atoms with E-state index >= 15 is 0 Å². The molecule has 0 aromatic heterocycles. The Labute approximate surface area is 120 Å². The van der Waals surface area contributed by atoms with Crippen LogP contribution in [0.1, 0.15) is 24.4 Å². The first-order chi connectivity index (χ1) is 9.62. The van der Waals surface area contributed by atoms with Gasteiger partial charge in [0.05, 0.1) is 27.4 Å². The van der Waals surface area contributed by atoms with Crippen LogP contribution in [0.15, 0.2) is 12.1 Å². The van der Waals surface area contributed by atoms with E-state index in [4.69, 9.17) is 19.9 Å². The number of nitrogens with two attached hydrogens (primary N) is 1. The fourth-order valence-electron chi connectivity index (χ4n) is 2.95. The Morgan fingerprint density at radius 1 is 1.05 bits per heavy atom. The van der Waals surface area contributed by atoms with Crippen LogP contribution in [-0.2, 0) is 0 Å². The predicted molar refractivity (Wildman–Crippen MR) is 78.7 cm³/mol. The van der Waals surface area contributed by atoms with Gasteiger partial charge in [0.15, 0.2) is 11.5 Å². The maximum Gasteiger partial charge on any atom is 0.164 e. The molecule has 2 rings (SSSR count). The number of likely N-dealkylation sites (N-methyl/N-ethyl adjacent to an activating group) is 1. The van der Waals surface area contributed by atoms with Gasteiger partial charge in [0.25, 0.3) is 0 Å². The van der Waals surface area contributed by atoms with E-state index in [0.717, 1.165) is 30.7 Å². The second-order valence-electron chi connectivity index (χ2n) is 5.18. The second-order valence-corrected chi connectivity index (χ2v) is 5.18. The van der Waals surface area contributed by atoms with Crippen molar-refractivity contribution in [1.82, 2.24) is 4.90 Å². The number of hydrogen-bond donors (Lipinski definition) is 1. The molecule has 1 heterocycles. The molecule has 2 atom stereocenters. The van der Waals surface area contributed by atoms with Crippen LogP contribution in [0.3, 0.4) is 0 Å². The molecule has 0 bridgehead atoms. The molecule has 5 nitrogen and oxygen atoms in total. The smallest absolute Gasteiger partial charge is 0.164 e. The minimum Gasteiger partial charge on any atom is -0.496 e. The quantitative estimate of drug-likeness (QED) is 0.911. The molecule has 1 aliphatic rings. The summed E-state index contributed by atoms with van der Waals surface area (Å²) in [5, 5.41) is 0. The molecule has 2 N–H and O–H groups in total. The van der Waals surface area contributed by atoms with Crippen LogP contribution in [0.25, 0.3) is 0 Å². The van der Waals surface area contributed by atoms with Crippen LogP contribution in [0, 0.1) is 0 Å². The number of methoxy groups -OCH3 is 3. The van der Waals surface area contributed by atoms with E-state index in [-0.39, 0.29) is 12.1 Å². The maximum atomic E-state index is 6.32. The largest absolute Gasteiger partial charge is 0.496 e. The molecule has 1 aromatic carbocycles. The molecule has 1 fully saturated rings. The van der Waals surface area contributed by atoms with E-state index < -0.39 is 0 Å². The summed E-state index contributed by atoms with van der Waals surface area (Å²) in [5.41, 5.74) is 7.37. The molecular formula is C15H24N2O3. The van der Waals surface area contributed by atoms with Crippen LogP contribution >= 0.6 is 0 Å². The third-order valence-corrected chi connectivity index (χ3v) is 3.98. The molecule has 1 saturated heterocycles. The first-order valence-electron chi connectivity index (χ1n) is 6.88. The van der Waals surface area contributed by atoms with E-state index in [2.05, 4.69) is 11.9 Å². The summed E-state index contributed by atoms with van der Waals surface area (Å²) >= 11 is 0. The van der Waals surface area contributed by atoms with Crippen molar-refractivity contribution >= 4 is 0 Å². The van der Waals surface area contributed by atoms with E-state index in [1.165, 1.54) is 0 Å². The van der Waals surface area contributed by atoms with E-state index in [0.29, 0.717) is 11.5 Å². The SMILES string of the molecule is COc1cc(OC)c(C2C(N)CCCN2C)cc1OC. The number of nitrogens with zero attached hydrogens (tertiary/aromatic N) is 1. The van der Waals surface area contributed by atoms with Crippen molar-refractivity contribution in [3.05, 3.63) is 17.7 Å². The monoisotopic (exact) mass is 280 g/mol. The number of ether oxygens (including phenoxy) is 3. The van der Waals surface area contributed by atoms with Crippen LogP contribution in [0.4, 0.5) is 0 Å². The van der Waals surface area contributed by atoms with Crippen molar-refractivity contribution < 1.29 is 14.2 Å². The summed E-state index contributed by atoms with van der Waals surface area (Å²) < 4.78 is 16.2. The van der Waals surface area contributed by atoms with Gasteiger partial charge in [0.2, 0.25) is 0 Å². The Balaban J connectivity index is 2.48. The van der Waals surface area contributed by atoms with Gasteiger partial charge >= 0.3 is 0 Å². The van der Waals surface area contributed by atoms with Gasteiger partial charge in [0, 0.05) is 17.7 Å². The number of rotatable bonds is 4. The summed E-state index contributed by atoms with van der Waals surface area (Å²) in [6, 6.07) is 4.08. The van der Waals surface area contributed by atoms with Crippen LogP contribution in [-0.4, -0.2) is 45.9 Å². The van der Waals surface area contributed by atoms with Gasteiger partial charge in [-0.15, -0.1) is 0 Å². The topological polar surface area (TPSA) is 57.0 Å². The molecule has 0 spiro atoms. The van der Waals surface area contributed by atoms with Gasteiger partial charge in [-0.1, -0.05) is 0 Å². The Morgan fingerprint density at radius 3 is 2.20 bits per heavy atom. The summed E-state index contributed by atoms with van der Waals surface area (Å²) in [4.78, 5) is 2.28. The van der Waals surface area contributed by atoms with E-state index in [1.807, 2.05) is 12.1 Å². The molecule has 0 aliphatic carbocycles. The number of likely N-dealkylation sites (tertiary alicyclic amines) is 1. The van der Waals surface area contributed by atoms with Crippen molar-refractivity contribution in [3.63, 3.8) is 0 Å². The Kier molecular flexibility index (Phi) is 4.73. The fraction of sp³-hybridized carbons (Fsp3) is 0.600. The fourth-order valence-corrected chi connectivity index (χ4v) is 2.95. The van der Waals surface area contributed by atoms with Crippen molar-refractivity contribution in [2.24, 2.45) is 5.73 Å². The Hall–Kier alpha value is -1.46. The van der Waals surface area contributed by atoms with Gasteiger partial charge < -0.3 is 19.9 Å². The summed E-state index contributed by atoms with van der Waals surface area (Å²) in [5.74, 6) is 2.16. The average molecular weight is 280 g/mol. The van der Waals surface area contributed by atoms with Gasteiger partial charge in [0.1, 0.15) is 5.75 Å². The lowest BCUT2D eigenvalue weighted by molar-refractivity contribution is 0.159. The number of hydrogen-bond acceptors (Lipinski definition) is 5. The highest BCUT2D eigenvalue weighted by Gasteiger charge is 2.31. The lowest BCUT2D eigenvalue weighted by atomic mass is 9.90. The first-order valence-corrected chi connectivity index (χ1v) is 6.88. The highest BCUT2D eigenvalue weighted by Crippen LogP contribution is 2.41. The molecule has 1 aliphatic heterocycles. The standard InChI is InChI=1S/C15H24N2O3/c1-17-7-5-6-11(16)15(17)10-8-13(19-3)14(20-4)9-12(10)18-2/h8-9,11,15H,5-7,16H2,1-4H3. The molecule has 1 aromatic rings. The highest BCUT2D eigenvalue weighted by molar-refractivity contribution is 5.52. The maximum absolute atomic E-state index is 6.32.